The largest absolute Gasteiger partial charge is 0.466 e. The molecule has 0 bridgehead atoms. The number of methoxy groups -OCH3 is 1. The number of benzene rings is 1. The topological polar surface area (TPSA) is 154 Å². The van der Waals surface area contributed by atoms with Gasteiger partial charge >= 0.3 is 18.0 Å². The maximum Gasteiger partial charge on any atom is 0.416 e. The maximum atomic E-state index is 14.3. The van der Waals surface area contributed by atoms with Crippen LogP contribution in [0.5, 0.6) is 0 Å². The van der Waals surface area contributed by atoms with E-state index in [0.29, 0.717) is 36.4 Å². The molecular formula is C33H42ClFN4O8S2. The van der Waals surface area contributed by atoms with Gasteiger partial charge in [0.05, 0.1) is 30.6 Å². The van der Waals surface area contributed by atoms with Gasteiger partial charge in [0, 0.05) is 28.6 Å². The van der Waals surface area contributed by atoms with E-state index in [1.165, 1.54) is 35.5 Å². The van der Waals surface area contributed by atoms with Gasteiger partial charge in [-0.3, -0.25) is 4.79 Å². The quantitative estimate of drug-likeness (QED) is 0.230. The van der Waals surface area contributed by atoms with Crippen LogP contribution in [-0.4, -0.2) is 72.3 Å². The number of nitrogens with one attached hydrogen (secondary N) is 1. The van der Waals surface area contributed by atoms with Crippen molar-refractivity contribution < 1.29 is 41.4 Å². The summed E-state index contributed by atoms with van der Waals surface area (Å²) in [6.07, 6.45) is 2.06. The van der Waals surface area contributed by atoms with Gasteiger partial charge in [0.25, 0.3) is 0 Å². The highest BCUT2D eigenvalue weighted by Gasteiger charge is 2.46. The second-order valence-corrected chi connectivity index (χ2v) is 17.0. The second kappa shape index (κ2) is 15.2. The van der Waals surface area contributed by atoms with E-state index in [1.807, 2.05) is 0 Å². The zero-order chi connectivity index (χ0) is 36.3. The molecule has 0 spiro atoms. The summed E-state index contributed by atoms with van der Waals surface area (Å²) in [6.45, 7) is 10.2. The van der Waals surface area contributed by atoms with Crippen LogP contribution in [0.4, 0.5) is 9.18 Å². The summed E-state index contributed by atoms with van der Waals surface area (Å²) in [7, 11) is -2.60. The highest BCUT2D eigenvalue weighted by Crippen LogP contribution is 2.45. The average Bonchev–Trinajstić information content (AvgIpc) is 3.52. The molecule has 12 nitrogen and oxygen atoms in total. The number of rotatable bonds is 9. The molecule has 0 radical (unpaired) electrons. The highest BCUT2D eigenvalue weighted by atomic mass is 35.5. The number of aromatic nitrogens is 1. The Labute approximate surface area is 295 Å². The van der Waals surface area contributed by atoms with Gasteiger partial charge in [0.2, 0.25) is 10.0 Å². The number of esters is 2. The number of thiazole rings is 1. The van der Waals surface area contributed by atoms with Crippen molar-refractivity contribution in [1.82, 2.24) is 14.6 Å². The predicted molar refractivity (Wildman–Crippen MR) is 183 cm³/mol. The number of hydrogen-bond donors (Lipinski definition) is 1. The molecule has 0 saturated heterocycles. The van der Waals surface area contributed by atoms with Crippen LogP contribution in [0.15, 0.2) is 46.0 Å². The summed E-state index contributed by atoms with van der Waals surface area (Å²) in [6, 6.07) is 2.01. The Hall–Kier alpha value is -3.40. The molecule has 1 aromatic carbocycles. The first-order chi connectivity index (χ1) is 22.8. The highest BCUT2D eigenvalue weighted by molar-refractivity contribution is 7.89. The van der Waals surface area contributed by atoms with E-state index in [-0.39, 0.29) is 34.3 Å². The first-order valence-corrected chi connectivity index (χ1v) is 18.7. The molecule has 49 heavy (non-hydrogen) atoms. The summed E-state index contributed by atoms with van der Waals surface area (Å²) in [4.78, 5) is 50.3. The van der Waals surface area contributed by atoms with Gasteiger partial charge in [-0.2, -0.15) is 0 Å². The molecule has 1 aromatic heterocycles. The smallest absolute Gasteiger partial charge is 0.416 e. The fourth-order valence-electron chi connectivity index (χ4n) is 5.67. The molecule has 1 atom stereocenters. The van der Waals surface area contributed by atoms with Crippen molar-refractivity contribution in [1.29, 1.82) is 0 Å². The number of carbonyl (C=O) groups is 3. The van der Waals surface area contributed by atoms with Crippen molar-refractivity contribution in [3.05, 3.63) is 62.5 Å². The Morgan fingerprint density at radius 1 is 1.06 bits per heavy atom. The molecule has 1 fully saturated rings. The first-order valence-electron chi connectivity index (χ1n) is 15.8. The van der Waals surface area contributed by atoms with Crippen LogP contribution in [0.1, 0.15) is 90.3 Å². The van der Waals surface area contributed by atoms with Gasteiger partial charge in [-0.15, -0.1) is 11.3 Å². The number of amides is 1. The van der Waals surface area contributed by atoms with Gasteiger partial charge in [0.15, 0.2) is 10.8 Å². The molecule has 1 aliphatic heterocycles. The summed E-state index contributed by atoms with van der Waals surface area (Å²) < 4.78 is 58.9. The normalized spacial score (nSPS) is 20.5. The van der Waals surface area contributed by atoms with Crippen LogP contribution in [0.3, 0.4) is 0 Å². The molecule has 4 rings (SSSR count). The number of amidine groups is 1. The second-order valence-electron chi connectivity index (χ2n) is 13.8. The van der Waals surface area contributed by atoms with Gasteiger partial charge in [0.1, 0.15) is 23.1 Å². The minimum atomic E-state index is -3.80. The monoisotopic (exact) mass is 740 g/mol. The molecule has 2 aliphatic rings. The predicted octanol–water partition coefficient (Wildman–Crippen LogP) is 6.31. The standard InChI is InChI=1S/C33H42ClFN4O8S2/c1-32(2,3)46-24(40)14-17-49(43,44)38-21-11-8-19(9-12-21)26-25(30(41)45-7)27(22-13-10-20(35)18-23(22)34)39(31(42)47-33(4,5)6)28(37-26)29-36-15-16-48-29/h10,13,15-16,18-19,21,27,38H,8-9,11-12,14,17H2,1-7H3/t19-,21+,27?. The molecule has 1 N–H and O–H groups in total. The van der Waals surface area contributed by atoms with E-state index in [9.17, 15) is 27.2 Å². The Bertz CT molecular complexity index is 1730. The van der Waals surface area contributed by atoms with Crippen molar-refractivity contribution in [2.24, 2.45) is 10.9 Å². The van der Waals surface area contributed by atoms with E-state index in [1.54, 1.807) is 53.1 Å². The molecule has 2 heterocycles. The summed E-state index contributed by atoms with van der Waals surface area (Å²) in [5.41, 5.74) is -1.08. The molecule has 1 unspecified atom stereocenters. The summed E-state index contributed by atoms with van der Waals surface area (Å²) >= 11 is 7.82. The lowest BCUT2D eigenvalue weighted by atomic mass is 9.80. The van der Waals surface area contributed by atoms with Gasteiger partial charge in [-0.1, -0.05) is 17.7 Å². The number of sulfonamides is 1. The molecular weight excluding hydrogens is 699 g/mol. The average molecular weight is 741 g/mol. The van der Waals surface area contributed by atoms with Crippen LogP contribution in [0, 0.1) is 11.7 Å². The lowest BCUT2D eigenvalue weighted by molar-refractivity contribution is -0.154. The lowest BCUT2D eigenvalue weighted by Crippen LogP contribution is -2.48. The zero-order valence-corrected chi connectivity index (χ0v) is 30.9. The number of aliphatic imine (C=N–C) groups is 1. The first kappa shape index (κ1) is 38.4. The third-order valence-electron chi connectivity index (χ3n) is 7.59. The van der Waals surface area contributed by atoms with Crippen molar-refractivity contribution in [3.63, 3.8) is 0 Å². The minimum absolute atomic E-state index is 0.0172. The number of ether oxygens (including phenoxy) is 3. The minimum Gasteiger partial charge on any atom is -0.466 e. The van der Waals surface area contributed by atoms with Gasteiger partial charge in [-0.25, -0.2) is 42.0 Å². The van der Waals surface area contributed by atoms with E-state index in [2.05, 4.69) is 9.71 Å². The summed E-state index contributed by atoms with van der Waals surface area (Å²) in [5, 5.41) is 2.04. The van der Waals surface area contributed by atoms with Crippen molar-refractivity contribution >= 4 is 56.8 Å². The van der Waals surface area contributed by atoms with E-state index >= 15 is 0 Å². The molecule has 268 valence electrons. The molecule has 1 saturated carbocycles. The number of nitrogens with zero attached hydrogens (tertiary/aromatic N) is 3. The van der Waals surface area contributed by atoms with Gasteiger partial charge in [-0.05, 0) is 84.9 Å². The van der Waals surface area contributed by atoms with Crippen LogP contribution < -0.4 is 4.72 Å². The lowest BCUT2D eigenvalue weighted by Gasteiger charge is -2.40. The van der Waals surface area contributed by atoms with E-state index in [0.717, 1.165) is 6.07 Å². The van der Waals surface area contributed by atoms with Crippen LogP contribution in [0.25, 0.3) is 0 Å². The van der Waals surface area contributed by atoms with Gasteiger partial charge < -0.3 is 14.2 Å². The van der Waals surface area contributed by atoms with E-state index in [4.69, 9.17) is 30.8 Å². The molecule has 2 aromatic rings. The third kappa shape index (κ3) is 10.1. The van der Waals surface area contributed by atoms with Crippen molar-refractivity contribution in [2.75, 3.05) is 12.9 Å². The number of carbonyl (C=O) groups excluding carboxylic acids is 3. The van der Waals surface area contributed by atoms with E-state index < -0.39 is 62.9 Å². The fourth-order valence-corrected chi connectivity index (χ4v) is 7.86. The Morgan fingerprint density at radius 3 is 2.27 bits per heavy atom. The Balaban J connectivity index is 1.72. The zero-order valence-electron chi connectivity index (χ0n) is 28.5. The number of hydrogen-bond acceptors (Lipinski definition) is 11. The van der Waals surface area contributed by atoms with Crippen LogP contribution in [-0.2, 0) is 33.8 Å². The third-order valence-corrected chi connectivity index (χ3v) is 10.1. The molecule has 1 amide bonds. The van der Waals surface area contributed by atoms with Crippen molar-refractivity contribution in [2.45, 2.75) is 96.9 Å². The van der Waals surface area contributed by atoms with Crippen molar-refractivity contribution in [3.8, 4) is 0 Å². The molecule has 1 aliphatic carbocycles. The summed E-state index contributed by atoms with van der Waals surface area (Å²) in [5.74, 6) is -2.66. The fraction of sp³-hybridized carbons (Fsp3) is 0.545. The van der Waals surface area contributed by atoms with Crippen LogP contribution in [0.2, 0.25) is 5.02 Å². The number of allylic oxidation sites excluding steroid dienone is 1. The SMILES string of the molecule is COC(=O)C1=C([C@H]2CC[C@@H](NS(=O)(=O)CCC(=O)OC(C)(C)C)CC2)N=C(c2nccs2)N(C(=O)OC(C)(C)C)C1c1ccc(F)cc1Cl. The maximum absolute atomic E-state index is 14.3. The molecule has 16 heteroatoms. The Morgan fingerprint density at radius 2 is 1.71 bits per heavy atom. The number of halogens is 2. The van der Waals surface area contributed by atoms with Crippen LogP contribution >= 0.6 is 22.9 Å². The Kier molecular flexibility index (Phi) is 11.9.